The number of rotatable bonds is 19. The van der Waals surface area contributed by atoms with Crippen molar-refractivity contribution in [2.75, 3.05) is 19.7 Å². The van der Waals surface area contributed by atoms with E-state index in [0.717, 1.165) is 43.2 Å². The van der Waals surface area contributed by atoms with Crippen LogP contribution < -0.4 is 16.4 Å². The van der Waals surface area contributed by atoms with E-state index in [4.69, 9.17) is 15.2 Å². The van der Waals surface area contributed by atoms with Crippen molar-refractivity contribution in [2.24, 2.45) is 5.73 Å². The number of esters is 1. The lowest BCUT2D eigenvalue weighted by Crippen LogP contribution is -2.53. The fourth-order valence-corrected chi connectivity index (χ4v) is 4.93. The summed E-state index contributed by atoms with van der Waals surface area (Å²) >= 11 is 0. The molecule has 0 saturated heterocycles. The number of benzene rings is 1. The van der Waals surface area contributed by atoms with Gasteiger partial charge in [0.1, 0.15) is 17.7 Å². The zero-order valence-corrected chi connectivity index (χ0v) is 27.8. The maximum Gasteiger partial charge on any atom is 0.408 e. The van der Waals surface area contributed by atoms with Crippen molar-refractivity contribution in [3.63, 3.8) is 0 Å². The lowest BCUT2D eigenvalue weighted by molar-refractivity contribution is -0.144. The van der Waals surface area contributed by atoms with Crippen molar-refractivity contribution in [1.82, 2.24) is 15.5 Å². The minimum Gasteiger partial charge on any atom is -0.466 e. The van der Waals surface area contributed by atoms with E-state index < -0.39 is 47.5 Å². The van der Waals surface area contributed by atoms with Crippen molar-refractivity contribution in [3.05, 3.63) is 34.9 Å². The highest BCUT2D eigenvalue weighted by Crippen LogP contribution is 2.29. The van der Waals surface area contributed by atoms with Gasteiger partial charge in [0, 0.05) is 19.5 Å². The summed E-state index contributed by atoms with van der Waals surface area (Å²) < 4.78 is 10.4. The molecule has 1 aromatic carbocycles. The molecular weight excluding hydrogens is 564 g/mol. The molecule has 1 rings (SSSR count). The molecule has 44 heavy (non-hydrogen) atoms. The topological polar surface area (TPSA) is 157 Å². The SMILES string of the molecule is CCCCCCCCN(C(=O)C(CCC(N)=O)NC(=O)OC(C)(C)C)C(C(=O)NCCC(=O)OCC)c1c(C)cccc1C. The number of primary amides is 1. The van der Waals surface area contributed by atoms with E-state index in [0.29, 0.717) is 12.0 Å². The molecule has 0 aliphatic heterocycles. The molecule has 0 heterocycles. The van der Waals surface area contributed by atoms with Crippen LogP contribution in [0.1, 0.15) is 115 Å². The van der Waals surface area contributed by atoms with Crippen LogP contribution in [0.5, 0.6) is 0 Å². The number of amides is 4. The number of nitrogens with one attached hydrogen (secondary N) is 2. The molecule has 2 atom stereocenters. The van der Waals surface area contributed by atoms with Gasteiger partial charge in [0.05, 0.1) is 13.0 Å². The Labute approximate surface area is 263 Å². The maximum atomic E-state index is 14.4. The van der Waals surface area contributed by atoms with E-state index in [2.05, 4.69) is 17.6 Å². The highest BCUT2D eigenvalue weighted by atomic mass is 16.6. The third-order valence-electron chi connectivity index (χ3n) is 7.01. The van der Waals surface area contributed by atoms with Gasteiger partial charge >= 0.3 is 12.1 Å². The van der Waals surface area contributed by atoms with Gasteiger partial charge in [-0.1, -0.05) is 57.2 Å². The summed E-state index contributed by atoms with van der Waals surface area (Å²) in [5.74, 6) is -2.06. The van der Waals surface area contributed by atoms with E-state index >= 15 is 0 Å². The minimum absolute atomic E-state index is 0.0220. The Morgan fingerprint density at radius 2 is 1.55 bits per heavy atom. The number of carbonyl (C=O) groups is 5. The molecular formula is C33H54N4O7. The van der Waals surface area contributed by atoms with Gasteiger partial charge in [-0.2, -0.15) is 0 Å². The molecule has 1 aromatic rings. The zero-order chi connectivity index (χ0) is 33.3. The summed E-state index contributed by atoms with van der Waals surface area (Å²) in [5.41, 5.74) is 6.88. The van der Waals surface area contributed by atoms with Crippen molar-refractivity contribution in [1.29, 1.82) is 0 Å². The molecule has 11 nitrogen and oxygen atoms in total. The van der Waals surface area contributed by atoms with Gasteiger partial charge in [-0.25, -0.2) is 4.79 Å². The number of ether oxygens (including phenoxy) is 2. The monoisotopic (exact) mass is 618 g/mol. The van der Waals surface area contributed by atoms with Gasteiger partial charge in [-0.3, -0.25) is 19.2 Å². The molecule has 248 valence electrons. The lowest BCUT2D eigenvalue weighted by Gasteiger charge is -2.36. The third-order valence-corrected chi connectivity index (χ3v) is 7.01. The van der Waals surface area contributed by atoms with Crippen molar-refractivity contribution < 1.29 is 33.4 Å². The number of alkyl carbamates (subject to hydrolysis) is 1. The number of aryl methyl sites for hydroxylation is 2. The van der Waals surface area contributed by atoms with Crippen LogP contribution in [-0.4, -0.2) is 66.0 Å². The van der Waals surface area contributed by atoms with Crippen LogP contribution in [0.4, 0.5) is 4.79 Å². The first-order chi connectivity index (χ1) is 20.7. The second-order valence-corrected chi connectivity index (χ2v) is 12.1. The van der Waals surface area contributed by atoms with Gasteiger partial charge < -0.3 is 30.7 Å². The molecule has 0 saturated carbocycles. The van der Waals surface area contributed by atoms with E-state index in [1.54, 1.807) is 27.7 Å². The van der Waals surface area contributed by atoms with Gasteiger partial charge in [-0.05, 0) is 71.1 Å². The average Bonchev–Trinajstić information content (AvgIpc) is 2.92. The molecule has 4 N–H and O–H groups in total. The van der Waals surface area contributed by atoms with Crippen LogP contribution >= 0.6 is 0 Å². The number of hydrogen-bond donors (Lipinski definition) is 3. The number of nitrogens with zero attached hydrogens (tertiary/aromatic N) is 1. The molecule has 11 heteroatoms. The minimum atomic E-state index is -1.17. The van der Waals surface area contributed by atoms with Crippen LogP contribution in [0, 0.1) is 13.8 Å². The normalized spacial score (nSPS) is 12.5. The summed E-state index contributed by atoms with van der Waals surface area (Å²) in [6, 6.07) is 3.40. The highest BCUT2D eigenvalue weighted by molar-refractivity contribution is 5.93. The van der Waals surface area contributed by atoms with E-state index in [9.17, 15) is 24.0 Å². The Kier molecular flexibility index (Phi) is 17.1. The third kappa shape index (κ3) is 14.2. The van der Waals surface area contributed by atoms with Crippen molar-refractivity contribution in [3.8, 4) is 0 Å². The molecule has 0 aromatic heterocycles. The Morgan fingerprint density at radius 1 is 0.932 bits per heavy atom. The first kappa shape index (κ1) is 38.4. The highest BCUT2D eigenvalue weighted by Gasteiger charge is 2.37. The van der Waals surface area contributed by atoms with Crippen molar-refractivity contribution in [2.45, 2.75) is 124 Å². The Balaban J connectivity index is 3.55. The maximum absolute atomic E-state index is 14.4. The fourth-order valence-electron chi connectivity index (χ4n) is 4.93. The summed E-state index contributed by atoms with van der Waals surface area (Å²) in [4.78, 5) is 66.3. The predicted molar refractivity (Wildman–Crippen MR) is 170 cm³/mol. The van der Waals surface area contributed by atoms with Gasteiger partial charge in [0.15, 0.2) is 0 Å². The fraction of sp³-hybridized carbons (Fsp3) is 0.667. The number of hydrogen-bond acceptors (Lipinski definition) is 7. The first-order valence-electron chi connectivity index (χ1n) is 15.8. The van der Waals surface area contributed by atoms with Crippen LogP contribution in [0.3, 0.4) is 0 Å². The van der Waals surface area contributed by atoms with Crippen LogP contribution in [0.15, 0.2) is 18.2 Å². The van der Waals surface area contributed by atoms with Crippen LogP contribution in [0.2, 0.25) is 0 Å². The van der Waals surface area contributed by atoms with Crippen LogP contribution in [0.25, 0.3) is 0 Å². The Morgan fingerprint density at radius 3 is 2.11 bits per heavy atom. The zero-order valence-electron chi connectivity index (χ0n) is 27.8. The quantitative estimate of drug-likeness (QED) is 0.149. The van der Waals surface area contributed by atoms with Gasteiger partial charge in [0.25, 0.3) is 0 Å². The number of nitrogens with two attached hydrogens (primary N) is 1. The van der Waals surface area contributed by atoms with Gasteiger partial charge in [0.2, 0.25) is 17.7 Å². The largest absolute Gasteiger partial charge is 0.466 e. The smallest absolute Gasteiger partial charge is 0.408 e. The Bertz CT molecular complexity index is 1080. The molecule has 2 unspecified atom stereocenters. The average molecular weight is 619 g/mol. The first-order valence-corrected chi connectivity index (χ1v) is 15.8. The van der Waals surface area contributed by atoms with Crippen LogP contribution in [-0.2, 0) is 28.7 Å². The second kappa shape index (κ2) is 19.6. The van der Waals surface area contributed by atoms with E-state index in [-0.39, 0.29) is 39.0 Å². The molecule has 0 aliphatic rings. The number of carbonyl (C=O) groups excluding carboxylic acids is 5. The lowest BCUT2D eigenvalue weighted by atomic mass is 9.93. The Hall–Kier alpha value is -3.63. The standard InChI is InChI=1S/C33H54N4O7/c1-8-10-11-12-13-14-22-37(31(41)25(18-19-26(34)38)36-32(42)44-33(5,6)7)29(28-23(3)16-15-17-24(28)4)30(40)35-21-20-27(39)43-9-2/h15-17,25,29H,8-14,18-22H2,1-7H3,(H2,34,38)(H,35,40)(H,36,42). The molecule has 0 bridgehead atoms. The summed E-state index contributed by atoms with van der Waals surface area (Å²) in [5, 5.41) is 5.44. The molecule has 4 amide bonds. The summed E-state index contributed by atoms with van der Waals surface area (Å²) in [6.45, 7) is 13.2. The van der Waals surface area contributed by atoms with E-state index in [1.807, 2.05) is 32.0 Å². The summed E-state index contributed by atoms with van der Waals surface area (Å²) in [6.07, 6.45) is 4.68. The molecule has 0 aliphatic carbocycles. The second-order valence-electron chi connectivity index (χ2n) is 12.1. The number of unbranched alkanes of at least 4 members (excludes halogenated alkanes) is 5. The molecule has 0 spiro atoms. The van der Waals surface area contributed by atoms with Crippen molar-refractivity contribution >= 4 is 29.8 Å². The van der Waals surface area contributed by atoms with Gasteiger partial charge in [-0.15, -0.1) is 0 Å². The molecule has 0 fully saturated rings. The molecule has 0 radical (unpaired) electrons. The van der Waals surface area contributed by atoms with E-state index in [1.165, 1.54) is 4.90 Å². The summed E-state index contributed by atoms with van der Waals surface area (Å²) in [7, 11) is 0. The predicted octanol–water partition coefficient (Wildman–Crippen LogP) is 4.76.